The van der Waals surface area contributed by atoms with Crippen molar-refractivity contribution in [1.29, 1.82) is 0 Å². The molecule has 1 aliphatic heterocycles. The van der Waals surface area contributed by atoms with Gasteiger partial charge in [0.05, 0.1) is 37.2 Å². The lowest BCUT2D eigenvalue weighted by molar-refractivity contribution is -0.236. The van der Waals surface area contributed by atoms with E-state index in [0.29, 0.717) is 6.42 Å². The van der Waals surface area contributed by atoms with Crippen LogP contribution in [0.5, 0.6) is 0 Å². The van der Waals surface area contributed by atoms with Gasteiger partial charge in [0.2, 0.25) is 0 Å². The molecule has 27 heavy (non-hydrogen) atoms. The monoisotopic (exact) mass is 429 g/mol. The second-order valence-electron chi connectivity index (χ2n) is 7.02. The van der Waals surface area contributed by atoms with Gasteiger partial charge in [-0.1, -0.05) is 0 Å². The molecule has 0 amide bonds. The third kappa shape index (κ3) is 5.62. The summed E-state index contributed by atoms with van der Waals surface area (Å²) in [4.78, 5) is 12.2. The number of ether oxygens (including phenoxy) is 2. The molecule has 4 unspecified atom stereocenters. The molecule has 2 aliphatic rings. The Morgan fingerprint density at radius 3 is 2.22 bits per heavy atom. The van der Waals surface area contributed by atoms with E-state index in [1.165, 1.54) is 7.11 Å². The normalized spacial score (nSPS) is 36.1. The Labute approximate surface area is 161 Å². The molecule has 1 saturated carbocycles. The highest BCUT2D eigenvalue weighted by Gasteiger charge is 2.62. The maximum Gasteiger partial charge on any atom is 0.334 e. The Morgan fingerprint density at radius 2 is 1.74 bits per heavy atom. The van der Waals surface area contributed by atoms with Crippen LogP contribution < -0.4 is 4.89 Å². The first-order valence-electron chi connectivity index (χ1n) is 9.33. The largest absolute Gasteiger partial charge is 0.756 e. The van der Waals surface area contributed by atoms with Gasteiger partial charge in [-0.25, -0.2) is 0 Å². The van der Waals surface area contributed by atoms with E-state index in [4.69, 9.17) is 27.6 Å². The van der Waals surface area contributed by atoms with Gasteiger partial charge in [0, 0.05) is 13.0 Å². The molecule has 11 heteroatoms. The van der Waals surface area contributed by atoms with E-state index >= 15 is 0 Å². The molecule has 1 saturated heterocycles. The number of phosphoric acid groups is 1. The summed E-state index contributed by atoms with van der Waals surface area (Å²) in [6, 6.07) is 0. The number of methoxy groups -OCH3 is 1. The molecule has 0 radical (unpaired) electrons. The van der Waals surface area contributed by atoms with Crippen LogP contribution in [0, 0.1) is 5.92 Å². The minimum absolute atomic E-state index is 0.208. The highest BCUT2D eigenvalue weighted by Crippen LogP contribution is 2.67. The first-order chi connectivity index (χ1) is 12.6. The van der Waals surface area contributed by atoms with Crippen LogP contribution in [0.2, 0.25) is 0 Å². The van der Waals surface area contributed by atoms with Crippen molar-refractivity contribution in [3.05, 3.63) is 0 Å². The number of phosphoric ester groups is 1. The molecule has 0 bridgehead atoms. The van der Waals surface area contributed by atoms with Crippen LogP contribution in [0.25, 0.3) is 0 Å². The third-order valence-electron chi connectivity index (χ3n) is 4.60. The quantitative estimate of drug-likeness (QED) is 0.458. The van der Waals surface area contributed by atoms with Crippen LogP contribution in [0.3, 0.4) is 0 Å². The second kappa shape index (κ2) is 9.33. The molecule has 160 valence electrons. The van der Waals surface area contributed by atoms with Crippen molar-refractivity contribution in [1.82, 2.24) is 0 Å². The summed E-state index contributed by atoms with van der Waals surface area (Å²) in [6.45, 7) is 9.02. The molecule has 1 aliphatic carbocycles. The summed E-state index contributed by atoms with van der Waals surface area (Å²) in [5.74, 6) is -0.208. The molecular formula is C16H31O9P2-. The number of rotatable bonds is 11. The van der Waals surface area contributed by atoms with Gasteiger partial charge in [0.25, 0.3) is 7.82 Å². The van der Waals surface area contributed by atoms with E-state index in [-0.39, 0.29) is 30.9 Å². The Morgan fingerprint density at radius 1 is 1.15 bits per heavy atom. The van der Waals surface area contributed by atoms with E-state index in [1.807, 2.05) is 0 Å². The predicted octanol–water partition coefficient (Wildman–Crippen LogP) is 2.72. The molecule has 1 heterocycles. The van der Waals surface area contributed by atoms with Gasteiger partial charge >= 0.3 is 7.60 Å². The van der Waals surface area contributed by atoms with Crippen LogP contribution in [-0.2, 0) is 36.7 Å². The predicted molar refractivity (Wildman–Crippen MR) is 96.6 cm³/mol. The van der Waals surface area contributed by atoms with Gasteiger partial charge in [-0.3, -0.25) is 9.13 Å². The average molecular weight is 429 g/mol. The van der Waals surface area contributed by atoms with Crippen molar-refractivity contribution in [3.63, 3.8) is 0 Å². The first kappa shape index (κ1) is 23.5. The summed E-state index contributed by atoms with van der Waals surface area (Å²) in [5.41, 5.74) is -0.353. The molecule has 7 atom stereocenters. The fourth-order valence-corrected chi connectivity index (χ4v) is 7.01. The summed E-state index contributed by atoms with van der Waals surface area (Å²) in [6.07, 6.45) is -2.48. The highest BCUT2D eigenvalue weighted by molar-refractivity contribution is 7.55. The standard InChI is InChI=1S/C16H32O9P2/c1-7-21-26(17,22-8-2)13-9-12(13)15-16(14(20-6)11(5)23-15)25-27(18,19)24-10(3)4/h10-16H,7-9H2,1-6H3,(H,18,19)/p-1/t11-,12?,13?,14?,15+,16+/m0/s1. The minimum Gasteiger partial charge on any atom is -0.756 e. The zero-order chi connectivity index (χ0) is 20.4. The lowest BCUT2D eigenvalue weighted by atomic mass is 10.1. The fourth-order valence-electron chi connectivity index (χ4n) is 3.58. The van der Waals surface area contributed by atoms with Crippen molar-refractivity contribution in [3.8, 4) is 0 Å². The zero-order valence-corrected chi connectivity index (χ0v) is 18.5. The third-order valence-corrected chi connectivity index (χ3v) is 8.42. The van der Waals surface area contributed by atoms with Gasteiger partial charge < -0.3 is 32.5 Å². The smallest absolute Gasteiger partial charge is 0.334 e. The van der Waals surface area contributed by atoms with Crippen molar-refractivity contribution in [2.24, 2.45) is 5.92 Å². The molecule has 0 aromatic heterocycles. The summed E-state index contributed by atoms with van der Waals surface area (Å²) < 4.78 is 57.6. The van der Waals surface area contributed by atoms with Crippen molar-refractivity contribution >= 4 is 15.4 Å². The lowest BCUT2D eigenvalue weighted by Gasteiger charge is -2.32. The van der Waals surface area contributed by atoms with Crippen LogP contribution in [0.4, 0.5) is 0 Å². The molecular weight excluding hydrogens is 398 g/mol. The van der Waals surface area contributed by atoms with Crippen molar-refractivity contribution in [2.75, 3.05) is 20.3 Å². The van der Waals surface area contributed by atoms with Crippen LogP contribution in [0.1, 0.15) is 41.0 Å². The average Bonchev–Trinajstić information content (AvgIpc) is 3.27. The maximum absolute atomic E-state index is 13.0. The Kier molecular flexibility index (Phi) is 8.11. The van der Waals surface area contributed by atoms with E-state index in [0.717, 1.165) is 0 Å². The van der Waals surface area contributed by atoms with Gasteiger partial charge in [0.1, 0.15) is 12.2 Å². The topological polar surface area (TPSA) is 113 Å². The Balaban J connectivity index is 2.17. The van der Waals surface area contributed by atoms with Gasteiger partial charge in [-0.15, -0.1) is 0 Å². The van der Waals surface area contributed by atoms with Crippen molar-refractivity contribution in [2.45, 2.75) is 77.2 Å². The van der Waals surface area contributed by atoms with Crippen LogP contribution in [-0.4, -0.2) is 56.5 Å². The molecule has 9 nitrogen and oxygen atoms in total. The molecule has 0 aromatic carbocycles. The second-order valence-corrected chi connectivity index (χ2v) is 10.6. The highest BCUT2D eigenvalue weighted by atomic mass is 31.2. The van der Waals surface area contributed by atoms with Gasteiger partial charge in [-0.05, 0) is 41.0 Å². The number of hydrogen-bond acceptors (Lipinski definition) is 9. The van der Waals surface area contributed by atoms with E-state index in [2.05, 4.69) is 0 Å². The molecule has 0 aromatic rings. The summed E-state index contributed by atoms with van der Waals surface area (Å²) in [5, 5.41) is 0. The molecule has 2 fully saturated rings. The molecule has 2 rings (SSSR count). The lowest BCUT2D eigenvalue weighted by Crippen LogP contribution is -2.38. The zero-order valence-electron chi connectivity index (χ0n) is 16.7. The fraction of sp³-hybridized carbons (Fsp3) is 1.00. The van der Waals surface area contributed by atoms with E-state index < -0.39 is 39.8 Å². The van der Waals surface area contributed by atoms with Crippen LogP contribution >= 0.6 is 15.4 Å². The van der Waals surface area contributed by atoms with E-state index in [1.54, 1.807) is 34.6 Å². The van der Waals surface area contributed by atoms with Gasteiger partial charge in [-0.2, -0.15) is 0 Å². The minimum atomic E-state index is -4.55. The Bertz CT molecular complexity index is 574. The first-order valence-corrected chi connectivity index (χ1v) is 12.4. The Hall–Kier alpha value is 0.180. The van der Waals surface area contributed by atoms with Gasteiger partial charge in [0.15, 0.2) is 0 Å². The maximum atomic E-state index is 13.0. The number of hydrogen-bond donors (Lipinski definition) is 0. The summed E-state index contributed by atoms with van der Waals surface area (Å²) in [7, 11) is -6.37. The molecule has 0 N–H and O–H groups in total. The SMILES string of the molecule is CCOP(=O)(OCC)C1CC1[C@H]1O[C@@H](C)C(OC)[C@H]1OP(=O)([O-])OC(C)C. The summed E-state index contributed by atoms with van der Waals surface area (Å²) >= 11 is 0. The van der Waals surface area contributed by atoms with E-state index in [9.17, 15) is 14.0 Å². The molecule has 0 spiro atoms. The van der Waals surface area contributed by atoms with Crippen LogP contribution in [0.15, 0.2) is 0 Å². The van der Waals surface area contributed by atoms with Crippen molar-refractivity contribution < 1.29 is 41.6 Å².